The Balaban J connectivity index is 0.000000208. The summed E-state index contributed by atoms with van der Waals surface area (Å²) < 4.78 is 45.2. The van der Waals surface area contributed by atoms with Gasteiger partial charge in [-0.25, -0.2) is 31.1 Å². The fraction of sp³-hybridized carbons (Fsp3) is 0.209. The molecule has 0 saturated carbocycles. The van der Waals surface area contributed by atoms with Crippen molar-refractivity contribution in [1.82, 2.24) is 49.1 Å². The summed E-state index contributed by atoms with van der Waals surface area (Å²) in [6, 6.07) is 42.5. The minimum Gasteiger partial charge on any atom is -0.550 e. The van der Waals surface area contributed by atoms with Gasteiger partial charge in [-0.1, -0.05) is 103 Å². The number of aromatic carboxylic acids is 1. The second kappa shape index (κ2) is 39.1. The first-order valence-electron chi connectivity index (χ1n) is 37.3. The van der Waals surface area contributed by atoms with Crippen molar-refractivity contribution in [2.75, 3.05) is 66.3 Å². The predicted molar refractivity (Wildman–Crippen MR) is 444 cm³/mol. The molecule has 7 aromatic carbocycles. The molecule has 4 atom stereocenters. The number of aryl methyl sites for hydroxylation is 6. The maximum atomic E-state index is 14.6. The van der Waals surface area contributed by atoms with Crippen LogP contribution in [0.2, 0.25) is 0 Å². The summed E-state index contributed by atoms with van der Waals surface area (Å²) in [6.45, 7) is 11.4. The molecule has 0 saturated heterocycles. The number of hydrogen-bond donors (Lipinski definition) is 10. The molecule has 0 spiro atoms. The molecular weight excluding hydrogens is 1640 g/mol. The number of aromatic hydroxyl groups is 2. The molecule has 0 fully saturated rings. The Hall–Kier alpha value is -11.6. The molecule has 4 heterocycles. The van der Waals surface area contributed by atoms with Gasteiger partial charge in [0.1, 0.15) is 0 Å². The largest absolute Gasteiger partial charge is 1.00 e. The van der Waals surface area contributed by atoms with Gasteiger partial charge in [0, 0.05) is 138 Å². The van der Waals surface area contributed by atoms with Gasteiger partial charge in [0.25, 0.3) is 11.8 Å². The normalized spacial score (nSPS) is 16.4. The fourth-order valence-electron chi connectivity index (χ4n) is 14.6. The molecule has 2 aromatic heterocycles. The first-order valence-corrected chi connectivity index (χ1v) is 41.1. The number of hydrogen-bond acceptors (Lipinski definition) is 27. The van der Waals surface area contributed by atoms with Crippen LogP contribution in [0, 0.1) is 65.2 Å². The van der Waals surface area contributed by atoms with E-state index in [0.717, 1.165) is 79.8 Å². The van der Waals surface area contributed by atoms with Crippen molar-refractivity contribution >= 4 is 125 Å². The Morgan fingerprint density at radius 1 is 0.475 bits per heavy atom. The molecule has 32 nitrogen and oxygen atoms in total. The van der Waals surface area contributed by atoms with Crippen LogP contribution in [-0.2, 0) is 39.2 Å². The first kappa shape index (κ1) is 92.7. The number of sulfonamides is 2. The number of nitrogens with one attached hydrogen (secondary N) is 7. The molecule has 10 N–H and O–H groups in total. The molecule has 4 unspecified atom stereocenters. The second-order valence-corrected chi connectivity index (χ2v) is 32.6. The van der Waals surface area contributed by atoms with E-state index in [2.05, 4.69) is 56.5 Å². The van der Waals surface area contributed by atoms with E-state index >= 15 is 0 Å². The second-order valence-electron chi connectivity index (χ2n) is 29.0. The number of carboxylic acid groups (broad SMARTS) is 3. The molecule has 9 aromatic rings. The number of carboxylic acids is 3. The van der Waals surface area contributed by atoms with Crippen molar-refractivity contribution in [2.24, 2.45) is 23.7 Å². The van der Waals surface area contributed by atoms with E-state index in [0.29, 0.717) is 56.2 Å². The maximum Gasteiger partial charge on any atom is 1.00 e. The summed E-state index contributed by atoms with van der Waals surface area (Å²) in [7, 11) is -3.14. The third-order valence-electron chi connectivity index (χ3n) is 20.2. The van der Waals surface area contributed by atoms with Gasteiger partial charge in [-0.2, -0.15) is 29.9 Å². The van der Waals surface area contributed by atoms with E-state index in [9.17, 15) is 80.7 Å². The van der Waals surface area contributed by atoms with Crippen molar-refractivity contribution in [3.05, 3.63) is 271 Å². The van der Waals surface area contributed by atoms with Crippen LogP contribution < -0.4 is 127 Å². The number of benzene rings is 7. The van der Waals surface area contributed by atoms with Crippen LogP contribution >= 0.6 is 0 Å². The summed E-state index contributed by atoms with van der Waals surface area (Å²) >= 11 is 0. The van der Waals surface area contributed by atoms with Gasteiger partial charge in [-0.05, 0) is 164 Å². The van der Waals surface area contributed by atoms with Gasteiger partial charge in [0.2, 0.25) is 37.9 Å². The summed E-state index contributed by atoms with van der Waals surface area (Å²) in [5.74, 6) is -6.44. The Labute approximate surface area is 766 Å². The Morgan fingerprint density at radius 3 is 1.59 bits per heavy atom. The van der Waals surface area contributed by atoms with E-state index in [4.69, 9.17) is 0 Å². The van der Waals surface area contributed by atoms with E-state index in [1.54, 1.807) is 91.8 Å². The molecule has 2 amide bonds. The summed E-state index contributed by atoms with van der Waals surface area (Å²) in [4.78, 5) is 129. The molecule has 6 aliphatic rings. The number of aliphatic carboxylic acids is 2. The van der Waals surface area contributed by atoms with Crippen molar-refractivity contribution in [2.45, 2.75) is 54.4 Å². The minimum absolute atomic E-state index is 0. The zero-order chi connectivity index (χ0) is 86.5. The van der Waals surface area contributed by atoms with E-state index in [1.807, 2.05) is 148 Å². The number of rotatable bonds is 22. The average molecular weight is 1720 g/mol. The van der Waals surface area contributed by atoms with Crippen LogP contribution in [0.4, 0.5) is 46.3 Å². The summed E-state index contributed by atoms with van der Waals surface area (Å²) in [6.07, 6.45) is 10.4. The predicted octanol–water partition coefficient (Wildman–Crippen LogP) is 2.57. The number of ketones is 3. The smallest absolute Gasteiger partial charge is 0.550 e. The molecule has 2 aliphatic heterocycles. The van der Waals surface area contributed by atoms with Crippen molar-refractivity contribution < 1.29 is 162 Å². The van der Waals surface area contributed by atoms with Gasteiger partial charge in [0.05, 0.1) is 41.2 Å². The quantitative estimate of drug-likeness (QED) is 0.0265. The molecule has 0 radical (unpaired) electrons. The van der Waals surface area contributed by atoms with Crippen molar-refractivity contribution in [3.63, 3.8) is 0 Å². The van der Waals surface area contributed by atoms with Crippen LogP contribution in [0.25, 0.3) is 22.5 Å². The van der Waals surface area contributed by atoms with Gasteiger partial charge in [-0.15, -0.1) is 0 Å². The van der Waals surface area contributed by atoms with Crippen molar-refractivity contribution in [1.29, 1.82) is 0 Å². The van der Waals surface area contributed by atoms with Gasteiger partial charge in [0.15, 0.2) is 23.2 Å². The summed E-state index contributed by atoms with van der Waals surface area (Å²) in [5, 5.41) is 66.1. The first-order chi connectivity index (χ1) is 56.9. The van der Waals surface area contributed by atoms with Crippen LogP contribution in [0.5, 0.6) is 12.0 Å². The van der Waals surface area contributed by atoms with Gasteiger partial charge >= 0.3 is 98.9 Å². The molecule has 616 valence electrons. The van der Waals surface area contributed by atoms with E-state index in [-0.39, 0.29) is 171 Å². The molecule has 4 aliphatic carbocycles. The Bertz CT molecular complexity index is 6190. The molecule has 0 bridgehead atoms. The number of allylic oxidation sites excluding steroid dienone is 8. The number of aromatic nitrogens is 6. The zero-order valence-corrected chi connectivity index (χ0v) is 75.1. The van der Waals surface area contributed by atoms with Crippen LogP contribution in [-0.4, -0.2) is 159 Å². The SMILES string of the molecule is CS(=O)(=O)NCCC(=O)[O-].CS(=O)(=O)NCCC(=O)[O-].Cc1ccc(C)c(Nc2nc(O)nc(Nc3ccc(NC4=CC=C5C6C(=CC(=O)N5C)c5ccccc5C(=O)C46)c(C)c3)n2)c1.Cc1cccc(C(=O)C2=C3c4ccccc4C(=O)C4C(Nc5cc(-c6nc(O)nc(Nc7ccccc7C(=O)O)n6)c(C)cc5C)=CC=C(C34)N(C)C2=O)c1.[K+].[Na+]. The topological polar surface area (TPSA) is 480 Å². The van der Waals surface area contributed by atoms with Crippen LogP contribution in [0.1, 0.15) is 98.8 Å². The zero-order valence-electron chi connectivity index (χ0n) is 68.3. The molecular formula is C86H81KN15NaO17S2. The number of carbonyl (C=O) groups is 8. The van der Waals surface area contributed by atoms with E-state index < -0.39 is 79.4 Å². The fourth-order valence-corrected chi connectivity index (χ4v) is 15.6. The van der Waals surface area contributed by atoms with Crippen LogP contribution in [0.15, 0.2) is 204 Å². The minimum atomic E-state index is -3.26. The number of Topliss-reactive ketones (excluding diaryl/α,β-unsaturated/α-hetero) is 3. The number of fused-ring (bicyclic) bond motifs is 4. The average Bonchev–Trinajstić information content (AvgIpc) is 0.724. The number of nitrogens with zero attached hydrogens (tertiary/aromatic N) is 8. The Morgan fingerprint density at radius 2 is 0.992 bits per heavy atom. The third kappa shape index (κ3) is 21.5. The van der Waals surface area contributed by atoms with Gasteiger partial charge < -0.3 is 71.5 Å². The third-order valence-corrected chi connectivity index (χ3v) is 21.7. The summed E-state index contributed by atoms with van der Waals surface area (Å²) in [5.41, 5.74) is 16.4. The molecule has 15 rings (SSSR count). The van der Waals surface area contributed by atoms with Gasteiger partial charge in [-0.3, -0.25) is 24.0 Å². The van der Waals surface area contributed by atoms with Crippen LogP contribution in [0.3, 0.4) is 0 Å². The number of likely N-dealkylation sites (N-methyl/N-ethyl adjacent to an activating group) is 2. The van der Waals surface area contributed by atoms with Crippen molar-refractivity contribution in [3.8, 4) is 23.4 Å². The standard InChI is InChI=1S/C43H34N6O6.C35H31N7O3.2C4H9NO4S.K.Na/c1-21-10-9-11-24(18-21)37(50)36-33-25-12-5-6-13-26(25)38(51)34-30(16-17-32(35(33)34)49(4)40(36)52)44-31-20-28(22(2)19-23(31)3)39-46-42(48-43(55)47-39)45-29-15-8-7-14-27(29)41(53)54;1-18-9-10-19(2)27(15-18)38-34-39-33(40-35(45)41-34)36-21-11-12-25(20(3)16-21)37-26-13-14-28-30-24(17-29(43)42(28)4)22-7-5-6-8-23(22)32(44)31(26)30;2*1-10(8,9)5-3-2-4(6)7;;/h5-20,34-35,44H,1-4H3,(H,53,54)(H2,45,46,47,48,55);5-17,30-31,37H,1-4H3,(H3,36,38,39,40,41,45);2*5H,2-3H2,1H3,(H,6,7);;/q;;;;2*+1/p-2. The monoisotopic (exact) mass is 1720 g/mol. The molecule has 122 heavy (non-hydrogen) atoms. The van der Waals surface area contributed by atoms with E-state index in [1.165, 1.54) is 11.0 Å². The Kier molecular flexibility index (Phi) is 29.7. The molecule has 36 heteroatoms. The number of anilines is 8. The number of para-hydroxylation sites is 1. The maximum absolute atomic E-state index is 14.6. The number of carbonyl (C=O) groups excluding carboxylic acids is 7. The number of amides is 2.